The molecule has 8 nitrogen and oxygen atoms in total. The lowest BCUT2D eigenvalue weighted by molar-refractivity contribution is -0.133. The van der Waals surface area contributed by atoms with Crippen LogP contribution in [0.4, 0.5) is 0 Å². The predicted octanol–water partition coefficient (Wildman–Crippen LogP) is 2.40. The molecule has 2 aliphatic heterocycles. The van der Waals surface area contributed by atoms with Crippen molar-refractivity contribution in [3.8, 4) is 0 Å². The second kappa shape index (κ2) is 11.0. The maximum atomic E-state index is 13.0. The largest absolute Gasteiger partial charge is 0.377 e. The normalized spacial score (nSPS) is 22.1. The molecular formula is C24H35N3O5S. The molecule has 1 aliphatic carbocycles. The van der Waals surface area contributed by atoms with Gasteiger partial charge in [-0.15, -0.1) is 0 Å². The quantitative estimate of drug-likeness (QED) is 0.620. The van der Waals surface area contributed by atoms with Crippen molar-refractivity contribution in [2.75, 3.05) is 39.3 Å². The van der Waals surface area contributed by atoms with Crippen LogP contribution in [-0.2, 0) is 19.6 Å². The molecule has 33 heavy (non-hydrogen) atoms. The van der Waals surface area contributed by atoms with Gasteiger partial charge >= 0.3 is 0 Å². The van der Waals surface area contributed by atoms with E-state index in [0.29, 0.717) is 50.7 Å². The Bertz CT molecular complexity index is 931. The molecule has 1 saturated carbocycles. The highest BCUT2D eigenvalue weighted by Crippen LogP contribution is 2.28. The van der Waals surface area contributed by atoms with E-state index in [9.17, 15) is 18.0 Å². The van der Waals surface area contributed by atoms with E-state index >= 15 is 0 Å². The summed E-state index contributed by atoms with van der Waals surface area (Å²) < 4.78 is 33.4. The minimum Gasteiger partial charge on any atom is -0.377 e. The van der Waals surface area contributed by atoms with E-state index in [1.807, 2.05) is 4.90 Å². The molecule has 0 radical (unpaired) electrons. The molecule has 0 spiro atoms. The third kappa shape index (κ3) is 6.33. The number of nitrogens with one attached hydrogen (secondary N) is 1. The molecule has 0 aromatic heterocycles. The molecule has 3 aliphatic rings. The Morgan fingerprint density at radius 2 is 1.73 bits per heavy atom. The van der Waals surface area contributed by atoms with Crippen molar-refractivity contribution < 1.29 is 22.7 Å². The standard InChI is InChI=1S/C24H35N3O5S/c28-23(11-10-19-5-1-2-6-19)26-12-14-27(15-13-26)24(29)20-7-3-9-22(17-20)33(30,31)25-18-21-8-4-16-32-21/h3,7,9,17,19,21,25H,1-2,4-6,8,10-16,18H2. The van der Waals surface area contributed by atoms with Gasteiger partial charge in [0.15, 0.2) is 0 Å². The second-order valence-electron chi connectivity index (χ2n) is 9.38. The van der Waals surface area contributed by atoms with Crippen molar-refractivity contribution in [2.24, 2.45) is 5.92 Å². The van der Waals surface area contributed by atoms with Gasteiger partial charge in [0.25, 0.3) is 5.91 Å². The maximum Gasteiger partial charge on any atom is 0.254 e. The van der Waals surface area contributed by atoms with E-state index in [4.69, 9.17) is 4.74 Å². The fourth-order valence-electron chi connectivity index (χ4n) is 5.01. The molecule has 1 aromatic rings. The third-order valence-electron chi connectivity index (χ3n) is 7.08. The summed E-state index contributed by atoms with van der Waals surface area (Å²) >= 11 is 0. The summed E-state index contributed by atoms with van der Waals surface area (Å²) in [6.45, 7) is 2.86. The maximum absolute atomic E-state index is 13.0. The summed E-state index contributed by atoms with van der Waals surface area (Å²) in [4.78, 5) is 29.2. The topological polar surface area (TPSA) is 96.0 Å². The highest BCUT2D eigenvalue weighted by Gasteiger charge is 2.27. The van der Waals surface area contributed by atoms with Gasteiger partial charge in [0, 0.05) is 51.3 Å². The zero-order chi connectivity index (χ0) is 23.3. The summed E-state index contributed by atoms with van der Waals surface area (Å²) in [6, 6.07) is 6.16. The number of carbonyl (C=O) groups is 2. The molecule has 1 atom stereocenters. The van der Waals surface area contributed by atoms with Crippen LogP contribution in [0.25, 0.3) is 0 Å². The minimum atomic E-state index is -3.72. The molecule has 2 heterocycles. The van der Waals surface area contributed by atoms with Gasteiger partial charge in [-0.2, -0.15) is 0 Å². The Kier molecular flexibility index (Phi) is 8.03. The van der Waals surface area contributed by atoms with Crippen LogP contribution < -0.4 is 4.72 Å². The lowest BCUT2D eigenvalue weighted by Crippen LogP contribution is -2.50. The first kappa shape index (κ1) is 24.2. The fourth-order valence-corrected chi connectivity index (χ4v) is 6.13. The predicted molar refractivity (Wildman–Crippen MR) is 124 cm³/mol. The highest BCUT2D eigenvalue weighted by atomic mass is 32.2. The average molecular weight is 478 g/mol. The van der Waals surface area contributed by atoms with Gasteiger partial charge in [0.2, 0.25) is 15.9 Å². The molecule has 182 valence electrons. The van der Waals surface area contributed by atoms with Gasteiger partial charge in [-0.3, -0.25) is 9.59 Å². The third-order valence-corrected chi connectivity index (χ3v) is 8.50. The highest BCUT2D eigenvalue weighted by molar-refractivity contribution is 7.89. The van der Waals surface area contributed by atoms with E-state index < -0.39 is 10.0 Å². The lowest BCUT2D eigenvalue weighted by atomic mass is 10.0. The smallest absolute Gasteiger partial charge is 0.254 e. The zero-order valence-electron chi connectivity index (χ0n) is 19.2. The van der Waals surface area contributed by atoms with Crippen LogP contribution in [0.15, 0.2) is 29.2 Å². The summed E-state index contributed by atoms with van der Waals surface area (Å²) in [5, 5.41) is 0. The Morgan fingerprint density at radius 3 is 2.42 bits per heavy atom. The minimum absolute atomic E-state index is 0.0760. The fraction of sp³-hybridized carbons (Fsp3) is 0.667. The summed E-state index contributed by atoms with van der Waals surface area (Å²) in [5.74, 6) is 0.671. The van der Waals surface area contributed by atoms with E-state index in [-0.39, 0.29) is 29.4 Å². The molecule has 1 N–H and O–H groups in total. The molecular weight excluding hydrogens is 442 g/mol. The number of hydrogen-bond donors (Lipinski definition) is 1. The average Bonchev–Trinajstić information content (AvgIpc) is 3.55. The molecule has 4 rings (SSSR count). The number of carbonyl (C=O) groups excluding carboxylic acids is 2. The summed E-state index contributed by atoms with van der Waals surface area (Å²) in [7, 11) is -3.72. The summed E-state index contributed by atoms with van der Waals surface area (Å²) in [5.41, 5.74) is 0.344. The molecule has 9 heteroatoms. The number of sulfonamides is 1. The van der Waals surface area contributed by atoms with Crippen molar-refractivity contribution >= 4 is 21.8 Å². The Labute approximate surface area is 196 Å². The molecule has 1 aromatic carbocycles. The number of rotatable bonds is 8. The monoisotopic (exact) mass is 477 g/mol. The van der Waals surface area contributed by atoms with Crippen molar-refractivity contribution in [1.82, 2.24) is 14.5 Å². The number of amides is 2. The number of nitrogens with zero attached hydrogens (tertiary/aromatic N) is 2. The van der Waals surface area contributed by atoms with Crippen LogP contribution in [0.1, 0.15) is 61.7 Å². The van der Waals surface area contributed by atoms with Crippen molar-refractivity contribution in [3.05, 3.63) is 29.8 Å². The van der Waals surface area contributed by atoms with Crippen LogP contribution in [-0.4, -0.2) is 75.5 Å². The molecule has 3 fully saturated rings. The Hall–Kier alpha value is -1.97. The van der Waals surface area contributed by atoms with Gasteiger partial charge < -0.3 is 14.5 Å². The van der Waals surface area contributed by atoms with Crippen LogP contribution in [0.2, 0.25) is 0 Å². The van der Waals surface area contributed by atoms with E-state index in [1.54, 1.807) is 17.0 Å². The first-order chi connectivity index (χ1) is 15.9. The van der Waals surface area contributed by atoms with Crippen molar-refractivity contribution in [2.45, 2.75) is 62.4 Å². The number of piperazine rings is 1. The van der Waals surface area contributed by atoms with Gasteiger partial charge in [0.1, 0.15) is 0 Å². The number of benzene rings is 1. The molecule has 0 bridgehead atoms. The van der Waals surface area contributed by atoms with Crippen LogP contribution in [0.3, 0.4) is 0 Å². The van der Waals surface area contributed by atoms with Crippen molar-refractivity contribution in [3.63, 3.8) is 0 Å². The van der Waals surface area contributed by atoms with E-state index in [2.05, 4.69) is 4.72 Å². The molecule has 2 amide bonds. The number of ether oxygens (including phenoxy) is 1. The molecule has 2 saturated heterocycles. The van der Waals surface area contributed by atoms with Crippen LogP contribution in [0.5, 0.6) is 0 Å². The van der Waals surface area contributed by atoms with Crippen molar-refractivity contribution in [1.29, 1.82) is 0 Å². The first-order valence-electron chi connectivity index (χ1n) is 12.2. The van der Waals surface area contributed by atoms with E-state index in [1.165, 1.54) is 37.8 Å². The lowest BCUT2D eigenvalue weighted by Gasteiger charge is -2.35. The Balaban J connectivity index is 1.29. The SMILES string of the molecule is O=C(CCC1CCCC1)N1CCN(C(=O)c2cccc(S(=O)(=O)NCC3CCCO3)c2)CC1. The van der Waals surface area contributed by atoms with Gasteiger partial charge in [-0.1, -0.05) is 31.7 Å². The first-order valence-corrected chi connectivity index (χ1v) is 13.7. The van der Waals surface area contributed by atoms with Crippen LogP contribution >= 0.6 is 0 Å². The van der Waals surface area contributed by atoms with Gasteiger partial charge in [-0.05, 0) is 43.4 Å². The number of hydrogen-bond acceptors (Lipinski definition) is 5. The molecule has 1 unspecified atom stereocenters. The van der Waals surface area contributed by atoms with Crippen LogP contribution in [0, 0.1) is 5.92 Å². The van der Waals surface area contributed by atoms with E-state index in [0.717, 1.165) is 19.3 Å². The van der Waals surface area contributed by atoms with Gasteiger partial charge in [-0.25, -0.2) is 13.1 Å². The van der Waals surface area contributed by atoms with Gasteiger partial charge in [0.05, 0.1) is 11.0 Å². The zero-order valence-corrected chi connectivity index (χ0v) is 20.0. The second-order valence-corrected chi connectivity index (χ2v) is 11.1. The Morgan fingerprint density at radius 1 is 1.00 bits per heavy atom. The summed E-state index contributed by atoms with van der Waals surface area (Å²) in [6.07, 6.45) is 8.31.